The number of hydrogen-bond acceptors (Lipinski definition) is 3. The molecule has 1 aliphatic heterocycles. The van der Waals surface area contributed by atoms with Gasteiger partial charge >= 0.3 is 0 Å². The molecule has 1 fully saturated rings. The van der Waals surface area contributed by atoms with Crippen LogP contribution in [0.25, 0.3) is 0 Å². The molecule has 1 heterocycles. The Morgan fingerprint density at radius 1 is 1.50 bits per heavy atom. The van der Waals surface area contributed by atoms with Crippen molar-refractivity contribution in [2.45, 2.75) is 26.0 Å². The molecular weight excluding hydrogens is 296 g/mol. The van der Waals surface area contributed by atoms with E-state index in [0.29, 0.717) is 24.4 Å². The third-order valence-electron chi connectivity index (χ3n) is 3.12. The number of halogens is 1. The van der Waals surface area contributed by atoms with Gasteiger partial charge in [-0.15, -0.1) is 0 Å². The monoisotopic (exact) mass is 312 g/mol. The van der Waals surface area contributed by atoms with Crippen molar-refractivity contribution in [2.24, 2.45) is 0 Å². The minimum Gasteiger partial charge on any atom is -0.398 e. The van der Waals surface area contributed by atoms with Crippen LogP contribution in [-0.4, -0.2) is 36.1 Å². The molecule has 0 bridgehead atoms. The van der Waals surface area contributed by atoms with Gasteiger partial charge in [0.25, 0.3) is 5.91 Å². The summed E-state index contributed by atoms with van der Waals surface area (Å²) in [5, 5.41) is 0. The van der Waals surface area contributed by atoms with Gasteiger partial charge in [-0.2, -0.15) is 0 Å². The van der Waals surface area contributed by atoms with Crippen LogP contribution in [-0.2, 0) is 4.74 Å². The minimum atomic E-state index is 0.0263. The molecule has 1 aromatic rings. The lowest BCUT2D eigenvalue weighted by Gasteiger charge is -2.36. The largest absolute Gasteiger partial charge is 0.398 e. The quantitative estimate of drug-likeness (QED) is 0.809. The van der Waals surface area contributed by atoms with E-state index in [1.54, 1.807) is 18.2 Å². The number of rotatable bonds is 1. The fourth-order valence-electron chi connectivity index (χ4n) is 2.01. The van der Waals surface area contributed by atoms with Crippen LogP contribution in [0, 0.1) is 0 Å². The number of nitrogens with two attached hydrogens (primary N) is 1. The van der Waals surface area contributed by atoms with E-state index in [2.05, 4.69) is 15.9 Å². The zero-order chi connectivity index (χ0) is 13.3. The molecule has 2 atom stereocenters. The normalized spacial score (nSPS) is 24.1. The number of anilines is 1. The van der Waals surface area contributed by atoms with Crippen LogP contribution in [0.4, 0.5) is 5.69 Å². The number of carbonyl (C=O) groups is 1. The van der Waals surface area contributed by atoms with Crippen LogP contribution in [0.5, 0.6) is 0 Å². The lowest BCUT2D eigenvalue weighted by Crippen LogP contribution is -2.50. The van der Waals surface area contributed by atoms with Gasteiger partial charge in [-0.3, -0.25) is 4.79 Å². The first kappa shape index (κ1) is 13.4. The number of nitrogen functional groups attached to an aromatic ring is 1. The molecule has 18 heavy (non-hydrogen) atoms. The van der Waals surface area contributed by atoms with Gasteiger partial charge in [0.2, 0.25) is 0 Å². The summed E-state index contributed by atoms with van der Waals surface area (Å²) >= 11 is 3.34. The van der Waals surface area contributed by atoms with Gasteiger partial charge in [0.05, 0.1) is 18.8 Å². The van der Waals surface area contributed by atoms with E-state index in [-0.39, 0.29) is 18.1 Å². The van der Waals surface area contributed by atoms with Gasteiger partial charge in [0.15, 0.2) is 0 Å². The molecular formula is C13H17BrN2O2. The van der Waals surface area contributed by atoms with Crippen molar-refractivity contribution in [1.29, 1.82) is 0 Å². The third kappa shape index (κ3) is 2.67. The highest BCUT2D eigenvalue weighted by atomic mass is 79.9. The lowest BCUT2D eigenvalue weighted by atomic mass is 10.1. The van der Waals surface area contributed by atoms with E-state index in [1.807, 2.05) is 18.7 Å². The highest BCUT2D eigenvalue weighted by molar-refractivity contribution is 9.10. The maximum absolute atomic E-state index is 12.4. The number of nitrogens with zero attached hydrogens (tertiary/aromatic N) is 1. The summed E-state index contributed by atoms with van der Waals surface area (Å²) in [6, 6.07) is 5.37. The number of morpholine rings is 1. The Morgan fingerprint density at radius 2 is 2.22 bits per heavy atom. The fraction of sp³-hybridized carbons (Fsp3) is 0.462. The van der Waals surface area contributed by atoms with Crippen molar-refractivity contribution in [1.82, 2.24) is 4.90 Å². The molecule has 0 aliphatic carbocycles. The number of ether oxygens (including phenoxy) is 1. The van der Waals surface area contributed by atoms with Crippen LogP contribution in [0.2, 0.25) is 0 Å². The molecule has 1 aliphatic rings. The highest BCUT2D eigenvalue weighted by Gasteiger charge is 2.28. The van der Waals surface area contributed by atoms with Gasteiger partial charge in [-0.05, 0) is 48.0 Å². The smallest absolute Gasteiger partial charge is 0.254 e. The molecule has 2 unspecified atom stereocenters. The van der Waals surface area contributed by atoms with Crippen molar-refractivity contribution >= 4 is 27.5 Å². The molecule has 5 heteroatoms. The molecule has 1 amide bonds. The summed E-state index contributed by atoms with van der Waals surface area (Å²) in [6.45, 7) is 5.19. The Morgan fingerprint density at radius 3 is 2.89 bits per heavy atom. The molecule has 0 spiro atoms. The molecule has 1 saturated heterocycles. The first-order valence-corrected chi connectivity index (χ1v) is 6.76. The Labute approximate surface area is 115 Å². The van der Waals surface area contributed by atoms with Gasteiger partial charge in [0, 0.05) is 22.3 Å². The number of amides is 1. The molecule has 0 saturated carbocycles. The molecule has 98 valence electrons. The zero-order valence-corrected chi connectivity index (χ0v) is 12.1. The average Bonchev–Trinajstić information content (AvgIpc) is 2.35. The number of benzene rings is 1. The second-order valence-corrected chi connectivity index (χ2v) is 5.54. The Bertz CT molecular complexity index is 464. The van der Waals surface area contributed by atoms with E-state index in [4.69, 9.17) is 10.5 Å². The standard InChI is InChI=1S/C13H17BrN2O2/c1-8-7-18-9(2)6-16(8)13(17)10-3-4-12(15)11(14)5-10/h3-5,8-9H,6-7,15H2,1-2H3. The molecule has 0 aromatic heterocycles. The van der Waals surface area contributed by atoms with Crippen molar-refractivity contribution in [2.75, 3.05) is 18.9 Å². The molecule has 1 aromatic carbocycles. The van der Waals surface area contributed by atoms with Crippen LogP contribution in [0.15, 0.2) is 22.7 Å². The predicted octanol–water partition coefficient (Wildman–Crippen LogP) is 2.28. The lowest BCUT2D eigenvalue weighted by molar-refractivity contribution is -0.0387. The average molecular weight is 313 g/mol. The van der Waals surface area contributed by atoms with E-state index in [1.165, 1.54) is 0 Å². The number of carbonyl (C=O) groups excluding carboxylic acids is 1. The van der Waals surface area contributed by atoms with Crippen molar-refractivity contribution in [3.8, 4) is 0 Å². The van der Waals surface area contributed by atoms with Gasteiger partial charge < -0.3 is 15.4 Å². The second kappa shape index (κ2) is 5.28. The SMILES string of the molecule is CC1CN(C(=O)c2ccc(N)c(Br)c2)C(C)CO1. The summed E-state index contributed by atoms with van der Waals surface area (Å²) in [4.78, 5) is 14.3. The second-order valence-electron chi connectivity index (χ2n) is 4.69. The van der Waals surface area contributed by atoms with Gasteiger partial charge in [-0.25, -0.2) is 0 Å². The predicted molar refractivity (Wildman–Crippen MR) is 74.5 cm³/mol. The summed E-state index contributed by atoms with van der Waals surface area (Å²) < 4.78 is 6.28. The Balaban J connectivity index is 2.21. The van der Waals surface area contributed by atoms with Crippen molar-refractivity contribution < 1.29 is 9.53 Å². The molecule has 2 N–H and O–H groups in total. The van der Waals surface area contributed by atoms with Crippen molar-refractivity contribution in [3.63, 3.8) is 0 Å². The highest BCUT2D eigenvalue weighted by Crippen LogP contribution is 2.22. The van der Waals surface area contributed by atoms with Gasteiger partial charge in [0.1, 0.15) is 0 Å². The van der Waals surface area contributed by atoms with E-state index in [9.17, 15) is 4.79 Å². The topological polar surface area (TPSA) is 55.6 Å². The van der Waals surface area contributed by atoms with E-state index < -0.39 is 0 Å². The van der Waals surface area contributed by atoms with E-state index in [0.717, 1.165) is 4.47 Å². The Kier molecular flexibility index (Phi) is 3.92. The van der Waals surface area contributed by atoms with Gasteiger partial charge in [-0.1, -0.05) is 0 Å². The summed E-state index contributed by atoms with van der Waals surface area (Å²) in [5.74, 6) is 0.0263. The summed E-state index contributed by atoms with van der Waals surface area (Å²) in [6.07, 6.45) is 0.0855. The van der Waals surface area contributed by atoms with Crippen LogP contribution in [0.3, 0.4) is 0 Å². The first-order chi connectivity index (χ1) is 8.49. The van der Waals surface area contributed by atoms with Crippen LogP contribution < -0.4 is 5.73 Å². The summed E-state index contributed by atoms with van der Waals surface area (Å²) in [7, 11) is 0. The maximum Gasteiger partial charge on any atom is 0.254 e. The Hall–Kier alpha value is -1.07. The van der Waals surface area contributed by atoms with Crippen LogP contribution in [0.1, 0.15) is 24.2 Å². The maximum atomic E-state index is 12.4. The first-order valence-electron chi connectivity index (χ1n) is 5.96. The summed E-state index contributed by atoms with van der Waals surface area (Å²) in [5.41, 5.74) is 7.01. The minimum absolute atomic E-state index is 0.0263. The molecule has 0 radical (unpaired) electrons. The fourth-order valence-corrected chi connectivity index (χ4v) is 2.39. The third-order valence-corrected chi connectivity index (χ3v) is 3.80. The van der Waals surface area contributed by atoms with Crippen molar-refractivity contribution in [3.05, 3.63) is 28.2 Å². The van der Waals surface area contributed by atoms with Crippen LogP contribution >= 0.6 is 15.9 Å². The van der Waals surface area contributed by atoms with E-state index >= 15 is 0 Å². The molecule has 2 rings (SSSR count). The number of hydrogen-bond donors (Lipinski definition) is 1. The zero-order valence-electron chi connectivity index (χ0n) is 10.5. The molecule has 4 nitrogen and oxygen atoms in total.